The third kappa shape index (κ3) is 4.34. The number of fused-ring (bicyclic) bond motifs is 1. The first-order chi connectivity index (χ1) is 9.54. The van der Waals surface area contributed by atoms with Crippen molar-refractivity contribution in [3.05, 3.63) is 34.9 Å². The van der Waals surface area contributed by atoms with Gasteiger partial charge in [-0.15, -0.1) is 0 Å². The number of aliphatic hydroxyl groups excluding tert-OH is 1. The van der Waals surface area contributed by atoms with Crippen LogP contribution in [0.4, 0.5) is 0 Å². The predicted octanol–water partition coefficient (Wildman–Crippen LogP) is 2.38. The number of hydrogen-bond acceptors (Lipinski definition) is 2. The average molecular weight is 275 g/mol. The molecular formula is C17H25NO2. The summed E-state index contributed by atoms with van der Waals surface area (Å²) >= 11 is 0. The number of rotatable bonds is 5. The molecule has 2 unspecified atom stereocenters. The molecule has 2 N–H and O–H groups in total. The summed E-state index contributed by atoms with van der Waals surface area (Å²) in [4.78, 5) is 12.0. The highest BCUT2D eigenvalue weighted by Crippen LogP contribution is 2.22. The van der Waals surface area contributed by atoms with Gasteiger partial charge in [-0.3, -0.25) is 4.79 Å². The van der Waals surface area contributed by atoms with Gasteiger partial charge in [0.05, 0.1) is 12.5 Å². The fourth-order valence-electron chi connectivity index (χ4n) is 2.98. The van der Waals surface area contributed by atoms with Gasteiger partial charge in [-0.1, -0.05) is 18.2 Å². The molecule has 0 radical (unpaired) electrons. The second-order valence-electron chi connectivity index (χ2n) is 6.04. The molecule has 2 atom stereocenters. The van der Waals surface area contributed by atoms with Crippen LogP contribution in [-0.4, -0.2) is 23.2 Å². The number of aliphatic hydroxyl groups is 1. The van der Waals surface area contributed by atoms with E-state index in [0.717, 1.165) is 12.0 Å². The lowest BCUT2D eigenvalue weighted by Crippen LogP contribution is -2.35. The van der Waals surface area contributed by atoms with Crippen molar-refractivity contribution in [2.45, 2.75) is 64.5 Å². The van der Waals surface area contributed by atoms with Crippen LogP contribution >= 0.6 is 0 Å². The molecular weight excluding hydrogens is 250 g/mol. The van der Waals surface area contributed by atoms with Crippen molar-refractivity contribution in [1.82, 2.24) is 5.32 Å². The van der Waals surface area contributed by atoms with Crippen molar-refractivity contribution in [3.8, 4) is 0 Å². The third-order valence-electron chi connectivity index (χ3n) is 3.88. The van der Waals surface area contributed by atoms with Crippen LogP contribution in [0.15, 0.2) is 18.2 Å². The monoisotopic (exact) mass is 275 g/mol. The van der Waals surface area contributed by atoms with Gasteiger partial charge in [-0.05, 0) is 62.6 Å². The molecule has 1 amide bonds. The minimum absolute atomic E-state index is 0.0140. The maximum absolute atomic E-state index is 12.0. The zero-order chi connectivity index (χ0) is 14.5. The van der Waals surface area contributed by atoms with Gasteiger partial charge in [0.1, 0.15) is 0 Å². The normalized spacial score (nSPS) is 17.1. The summed E-state index contributed by atoms with van der Waals surface area (Å²) in [6.45, 7) is 3.67. The van der Waals surface area contributed by atoms with E-state index in [9.17, 15) is 9.90 Å². The quantitative estimate of drug-likeness (QED) is 0.867. The molecule has 0 saturated carbocycles. The summed E-state index contributed by atoms with van der Waals surface area (Å²) in [6, 6.07) is 6.45. The number of amides is 1. The number of hydrogen-bond donors (Lipinski definition) is 2. The highest BCUT2D eigenvalue weighted by Gasteiger charge is 2.13. The molecule has 0 aromatic heterocycles. The van der Waals surface area contributed by atoms with Crippen LogP contribution in [0.5, 0.6) is 0 Å². The SMILES string of the molecule is CC(O)CC(C)NC(=O)Cc1ccc2c(c1)CCCC2. The fraction of sp³-hybridized carbons (Fsp3) is 0.588. The summed E-state index contributed by atoms with van der Waals surface area (Å²) in [5.41, 5.74) is 3.95. The minimum atomic E-state index is -0.381. The Morgan fingerprint density at radius 3 is 2.65 bits per heavy atom. The molecule has 0 aliphatic heterocycles. The molecule has 110 valence electrons. The molecule has 1 aliphatic rings. The van der Waals surface area contributed by atoms with Gasteiger partial charge in [0.25, 0.3) is 0 Å². The van der Waals surface area contributed by atoms with Crippen molar-refractivity contribution in [2.75, 3.05) is 0 Å². The van der Waals surface area contributed by atoms with E-state index in [1.807, 2.05) is 6.92 Å². The molecule has 3 heteroatoms. The first-order valence-corrected chi connectivity index (χ1v) is 7.62. The Kier molecular flexibility index (Phi) is 5.18. The molecule has 20 heavy (non-hydrogen) atoms. The lowest BCUT2D eigenvalue weighted by atomic mass is 9.90. The molecule has 1 aromatic carbocycles. The van der Waals surface area contributed by atoms with Gasteiger partial charge < -0.3 is 10.4 Å². The Morgan fingerprint density at radius 1 is 1.25 bits per heavy atom. The number of aryl methyl sites for hydroxylation is 2. The smallest absolute Gasteiger partial charge is 0.224 e. The summed E-state index contributed by atoms with van der Waals surface area (Å²) in [5.74, 6) is 0.0360. The molecule has 3 nitrogen and oxygen atoms in total. The van der Waals surface area contributed by atoms with E-state index in [-0.39, 0.29) is 18.1 Å². The third-order valence-corrected chi connectivity index (χ3v) is 3.88. The van der Waals surface area contributed by atoms with Crippen molar-refractivity contribution in [2.24, 2.45) is 0 Å². The Morgan fingerprint density at radius 2 is 1.95 bits per heavy atom. The second kappa shape index (κ2) is 6.89. The maximum atomic E-state index is 12.0. The Labute approximate surface area is 121 Å². The lowest BCUT2D eigenvalue weighted by molar-refractivity contribution is -0.121. The molecule has 0 saturated heterocycles. The standard InChI is InChI=1S/C17H25NO2/c1-12(9-13(2)19)18-17(20)11-14-7-8-15-5-3-4-6-16(15)10-14/h7-8,10,12-13,19H,3-6,9,11H2,1-2H3,(H,18,20). The van der Waals surface area contributed by atoms with E-state index in [1.165, 1.54) is 30.4 Å². The first-order valence-electron chi connectivity index (χ1n) is 7.62. The topological polar surface area (TPSA) is 49.3 Å². The zero-order valence-electron chi connectivity index (χ0n) is 12.5. The largest absolute Gasteiger partial charge is 0.393 e. The van der Waals surface area contributed by atoms with Crippen molar-refractivity contribution < 1.29 is 9.90 Å². The Balaban J connectivity index is 1.91. The summed E-state index contributed by atoms with van der Waals surface area (Å²) < 4.78 is 0. The summed E-state index contributed by atoms with van der Waals surface area (Å²) in [6.07, 6.45) is 5.50. The lowest BCUT2D eigenvalue weighted by Gasteiger charge is -2.18. The van der Waals surface area contributed by atoms with Crippen LogP contribution in [0.25, 0.3) is 0 Å². The fourth-order valence-corrected chi connectivity index (χ4v) is 2.98. The number of benzene rings is 1. The van der Waals surface area contributed by atoms with Crippen LogP contribution in [0.1, 0.15) is 49.8 Å². The predicted molar refractivity (Wildman–Crippen MR) is 80.7 cm³/mol. The number of nitrogens with one attached hydrogen (secondary N) is 1. The second-order valence-corrected chi connectivity index (χ2v) is 6.04. The molecule has 0 spiro atoms. The zero-order valence-corrected chi connectivity index (χ0v) is 12.5. The van der Waals surface area contributed by atoms with E-state index in [0.29, 0.717) is 12.8 Å². The molecule has 1 aliphatic carbocycles. The minimum Gasteiger partial charge on any atom is -0.393 e. The number of carbonyl (C=O) groups excluding carboxylic acids is 1. The van der Waals surface area contributed by atoms with Gasteiger partial charge in [-0.2, -0.15) is 0 Å². The highest BCUT2D eigenvalue weighted by molar-refractivity contribution is 5.78. The molecule has 0 heterocycles. The van der Waals surface area contributed by atoms with Crippen molar-refractivity contribution in [3.63, 3.8) is 0 Å². The molecule has 0 bridgehead atoms. The van der Waals surface area contributed by atoms with Crippen LogP contribution in [0.3, 0.4) is 0 Å². The van der Waals surface area contributed by atoms with Crippen LogP contribution in [0, 0.1) is 0 Å². The maximum Gasteiger partial charge on any atom is 0.224 e. The number of carbonyl (C=O) groups is 1. The van der Waals surface area contributed by atoms with Crippen molar-refractivity contribution >= 4 is 5.91 Å². The Bertz CT molecular complexity index is 468. The van der Waals surface area contributed by atoms with E-state index < -0.39 is 0 Å². The average Bonchev–Trinajstić information content (AvgIpc) is 2.37. The van der Waals surface area contributed by atoms with Crippen molar-refractivity contribution in [1.29, 1.82) is 0 Å². The van der Waals surface area contributed by atoms with Crippen LogP contribution in [0.2, 0.25) is 0 Å². The molecule has 1 aromatic rings. The summed E-state index contributed by atoms with van der Waals surface area (Å²) in [7, 11) is 0. The van der Waals surface area contributed by atoms with E-state index >= 15 is 0 Å². The van der Waals surface area contributed by atoms with E-state index in [2.05, 4.69) is 23.5 Å². The van der Waals surface area contributed by atoms with Gasteiger partial charge in [0, 0.05) is 6.04 Å². The first kappa shape index (κ1) is 15.0. The van der Waals surface area contributed by atoms with Gasteiger partial charge in [-0.25, -0.2) is 0 Å². The van der Waals surface area contributed by atoms with Gasteiger partial charge >= 0.3 is 0 Å². The van der Waals surface area contributed by atoms with Crippen LogP contribution < -0.4 is 5.32 Å². The molecule has 2 rings (SSSR count). The van der Waals surface area contributed by atoms with Gasteiger partial charge in [0.15, 0.2) is 0 Å². The van der Waals surface area contributed by atoms with E-state index in [1.54, 1.807) is 6.92 Å². The molecule has 0 fully saturated rings. The van der Waals surface area contributed by atoms with E-state index in [4.69, 9.17) is 0 Å². The Hall–Kier alpha value is -1.35. The summed E-state index contributed by atoms with van der Waals surface area (Å²) in [5, 5.41) is 12.2. The van der Waals surface area contributed by atoms with Gasteiger partial charge in [0.2, 0.25) is 5.91 Å². The van der Waals surface area contributed by atoms with Crippen LogP contribution in [-0.2, 0) is 24.1 Å². The highest BCUT2D eigenvalue weighted by atomic mass is 16.3.